The second-order valence-corrected chi connectivity index (χ2v) is 7.56. The highest BCUT2D eigenvalue weighted by Gasteiger charge is 2.32. The number of amides is 2. The van der Waals surface area contributed by atoms with E-state index in [1.165, 1.54) is 18.5 Å². The minimum absolute atomic E-state index is 0.186. The number of β-amino-alcohol motifs (C(OH)–C–C–N with tert-alkyl or cyclic N) is 1. The number of pyridine rings is 1. The number of hydrogen-bond acceptors (Lipinski definition) is 8. The number of aliphatic hydroxyl groups excluding tert-OH is 1. The average Bonchev–Trinajstić information content (AvgIpc) is 3.07. The molecule has 1 aliphatic rings. The van der Waals surface area contributed by atoms with E-state index in [1.54, 1.807) is 13.1 Å². The molecule has 2 amide bonds. The molecule has 1 aliphatic heterocycles. The molecule has 0 spiro atoms. The second-order valence-electron chi connectivity index (χ2n) is 6.48. The van der Waals surface area contributed by atoms with Crippen LogP contribution in [-0.4, -0.2) is 63.9 Å². The molecule has 0 saturated carbocycles. The zero-order valence-electron chi connectivity index (χ0n) is 15.8. The number of nitrogens with zero attached hydrogens (tertiary/aromatic N) is 4. The minimum Gasteiger partial charge on any atom is -0.391 e. The Kier molecular flexibility index (Phi) is 6.82. The Balaban J connectivity index is 1.55. The van der Waals surface area contributed by atoms with Gasteiger partial charge in [-0.2, -0.15) is 13.2 Å². The molecular weight excluding hydrogens is 423 g/mol. The highest BCUT2D eigenvalue weighted by Crippen LogP contribution is 2.35. The first-order valence-electron chi connectivity index (χ1n) is 8.94. The summed E-state index contributed by atoms with van der Waals surface area (Å²) in [6, 6.07) is 3.54. The van der Waals surface area contributed by atoms with Crippen molar-refractivity contribution < 1.29 is 23.1 Å². The van der Waals surface area contributed by atoms with E-state index in [2.05, 4.69) is 30.9 Å². The van der Waals surface area contributed by atoms with Gasteiger partial charge < -0.3 is 26.0 Å². The summed E-state index contributed by atoms with van der Waals surface area (Å²) in [5.41, 5.74) is -4.16. The van der Waals surface area contributed by atoms with Crippen LogP contribution < -0.4 is 20.9 Å². The van der Waals surface area contributed by atoms with Gasteiger partial charge in [0.05, 0.1) is 24.0 Å². The molecular formula is C17H20F3N7O2S. The van der Waals surface area contributed by atoms with Gasteiger partial charge in [0.1, 0.15) is 23.0 Å². The number of urea groups is 1. The zero-order chi connectivity index (χ0) is 21.7. The normalized spacial score (nSPS) is 18.9. The molecule has 3 rings (SSSR count). The fourth-order valence-corrected chi connectivity index (χ4v) is 3.50. The zero-order valence-corrected chi connectivity index (χ0v) is 16.7. The van der Waals surface area contributed by atoms with Crippen LogP contribution in [0.2, 0.25) is 0 Å². The van der Waals surface area contributed by atoms with E-state index in [0.717, 1.165) is 6.20 Å². The van der Waals surface area contributed by atoms with Gasteiger partial charge in [0.25, 0.3) is 0 Å². The molecule has 0 bridgehead atoms. The molecule has 162 valence electrons. The largest absolute Gasteiger partial charge is 0.447 e. The fourth-order valence-electron chi connectivity index (χ4n) is 3.03. The maximum atomic E-state index is 12.3. The van der Waals surface area contributed by atoms with Gasteiger partial charge >= 0.3 is 11.5 Å². The number of aromatic nitrogens is 3. The number of nitrogens with one attached hydrogen (secondary N) is 3. The number of halogens is 3. The number of thioether (sulfide) groups is 1. The van der Waals surface area contributed by atoms with Gasteiger partial charge in [-0.1, -0.05) is 0 Å². The Morgan fingerprint density at radius 2 is 2.13 bits per heavy atom. The first-order valence-corrected chi connectivity index (χ1v) is 9.76. The van der Waals surface area contributed by atoms with Crippen LogP contribution in [0.5, 0.6) is 0 Å². The molecule has 2 aromatic rings. The summed E-state index contributed by atoms with van der Waals surface area (Å²) in [5, 5.41) is 18.0. The quantitative estimate of drug-likeness (QED) is 0.503. The molecule has 9 nitrogen and oxygen atoms in total. The van der Waals surface area contributed by atoms with Crippen molar-refractivity contribution >= 4 is 35.1 Å². The van der Waals surface area contributed by atoms with Crippen molar-refractivity contribution in [3.05, 3.63) is 30.7 Å². The van der Waals surface area contributed by atoms with Gasteiger partial charge in [-0.05, 0) is 18.6 Å². The van der Waals surface area contributed by atoms with E-state index in [0.29, 0.717) is 24.6 Å². The summed E-state index contributed by atoms with van der Waals surface area (Å²) in [5.74, 6) is 1.26. The minimum atomic E-state index is -4.42. The summed E-state index contributed by atoms with van der Waals surface area (Å²) >= 11 is -0.327. The van der Waals surface area contributed by atoms with Crippen LogP contribution >= 0.6 is 11.8 Å². The Bertz CT molecular complexity index is 869. The maximum Gasteiger partial charge on any atom is 0.447 e. The van der Waals surface area contributed by atoms with Crippen molar-refractivity contribution in [2.75, 3.05) is 35.7 Å². The van der Waals surface area contributed by atoms with E-state index in [4.69, 9.17) is 0 Å². The molecule has 0 aliphatic carbocycles. The number of hydrogen-bond donors (Lipinski definition) is 4. The molecule has 2 atom stereocenters. The number of carbonyl (C=O) groups excluding carboxylic acids is 1. The van der Waals surface area contributed by atoms with Crippen LogP contribution in [0.15, 0.2) is 35.7 Å². The molecule has 0 radical (unpaired) electrons. The molecule has 1 saturated heterocycles. The molecule has 3 heterocycles. The van der Waals surface area contributed by atoms with Crippen LogP contribution in [-0.2, 0) is 0 Å². The topological polar surface area (TPSA) is 115 Å². The SMILES string of the molecule is CNc1cc(N2C[C@H](O)C[C@@H]2CNC(=O)Nc2ccc(SC(F)(F)F)nc2)ncn1. The Labute approximate surface area is 174 Å². The fraction of sp³-hybridized carbons (Fsp3) is 0.412. The Hall–Kier alpha value is -2.80. The number of alkyl halides is 3. The number of rotatable bonds is 6. The molecule has 30 heavy (non-hydrogen) atoms. The number of anilines is 3. The lowest BCUT2D eigenvalue weighted by Gasteiger charge is -2.25. The van der Waals surface area contributed by atoms with Crippen LogP contribution in [0.1, 0.15) is 6.42 Å². The van der Waals surface area contributed by atoms with Crippen LogP contribution in [0.4, 0.5) is 35.3 Å². The van der Waals surface area contributed by atoms with E-state index in [1.807, 2.05) is 4.90 Å². The first-order chi connectivity index (χ1) is 14.2. The average molecular weight is 443 g/mol. The molecule has 0 aromatic carbocycles. The smallest absolute Gasteiger partial charge is 0.391 e. The highest BCUT2D eigenvalue weighted by atomic mass is 32.2. The third-order valence-corrected chi connectivity index (χ3v) is 4.99. The lowest BCUT2D eigenvalue weighted by Crippen LogP contribution is -2.42. The molecule has 0 unspecified atom stereocenters. The van der Waals surface area contributed by atoms with Crippen molar-refractivity contribution in [1.82, 2.24) is 20.3 Å². The number of carbonyl (C=O) groups is 1. The first kappa shape index (κ1) is 21.9. The second kappa shape index (κ2) is 9.34. The summed E-state index contributed by atoms with van der Waals surface area (Å²) < 4.78 is 37.0. The summed E-state index contributed by atoms with van der Waals surface area (Å²) in [6.45, 7) is 0.605. The van der Waals surface area contributed by atoms with Crippen molar-refractivity contribution in [1.29, 1.82) is 0 Å². The van der Waals surface area contributed by atoms with Gasteiger partial charge in [-0.3, -0.25) is 0 Å². The molecule has 13 heteroatoms. The van der Waals surface area contributed by atoms with Crippen molar-refractivity contribution in [2.45, 2.75) is 29.1 Å². The standard InChI is InChI=1S/C17H20F3N7O2S/c1-21-13-5-14(25-9-24-13)27-8-12(28)4-11(27)7-23-16(29)26-10-2-3-15(22-6-10)30-17(18,19)20/h2-3,5-6,9,11-12,28H,4,7-8H2,1H3,(H,21,24,25)(H2,23,26,29)/t11-,12-/m1/s1. The van der Waals surface area contributed by atoms with Crippen LogP contribution in [0.3, 0.4) is 0 Å². The van der Waals surface area contributed by atoms with E-state index in [-0.39, 0.29) is 35.1 Å². The lowest BCUT2D eigenvalue weighted by atomic mass is 10.2. The summed E-state index contributed by atoms with van der Waals surface area (Å²) in [6.07, 6.45) is 2.45. The predicted octanol–water partition coefficient (Wildman–Crippen LogP) is 2.29. The van der Waals surface area contributed by atoms with Gasteiger partial charge in [0.2, 0.25) is 0 Å². The number of aliphatic hydroxyl groups is 1. The summed E-state index contributed by atoms with van der Waals surface area (Å²) in [7, 11) is 1.73. The van der Waals surface area contributed by atoms with Gasteiger partial charge in [-0.25, -0.2) is 19.7 Å². The predicted molar refractivity (Wildman–Crippen MR) is 107 cm³/mol. The third-order valence-electron chi connectivity index (χ3n) is 4.31. The van der Waals surface area contributed by atoms with E-state index >= 15 is 0 Å². The van der Waals surface area contributed by atoms with Gasteiger partial charge in [0.15, 0.2) is 0 Å². The van der Waals surface area contributed by atoms with Gasteiger partial charge in [-0.15, -0.1) is 0 Å². The molecule has 1 fully saturated rings. The van der Waals surface area contributed by atoms with Crippen LogP contribution in [0.25, 0.3) is 0 Å². The van der Waals surface area contributed by atoms with Crippen molar-refractivity contribution in [2.24, 2.45) is 0 Å². The van der Waals surface area contributed by atoms with E-state index in [9.17, 15) is 23.1 Å². The third kappa shape index (κ3) is 6.10. The van der Waals surface area contributed by atoms with Gasteiger partial charge in [0, 0.05) is 38.0 Å². The summed E-state index contributed by atoms with van der Waals surface area (Å²) in [4.78, 5) is 26.0. The monoisotopic (exact) mass is 443 g/mol. The van der Waals surface area contributed by atoms with E-state index < -0.39 is 17.6 Å². The van der Waals surface area contributed by atoms with Crippen molar-refractivity contribution in [3.8, 4) is 0 Å². The van der Waals surface area contributed by atoms with Crippen molar-refractivity contribution in [3.63, 3.8) is 0 Å². The Morgan fingerprint density at radius 1 is 1.33 bits per heavy atom. The molecule has 2 aromatic heterocycles. The molecule has 4 N–H and O–H groups in total. The van der Waals surface area contributed by atoms with Crippen LogP contribution in [0, 0.1) is 0 Å². The highest BCUT2D eigenvalue weighted by molar-refractivity contribution is 8.00. The maximum absolute atomic E-state index is 12.3. The lowest BCUT2D eigenvalue weighted by molar-refractivity contribution is -0.0329. The Morgan fingerprint density at radius 3 is 2.80 bits per heavy atom.